The second kappa shape index (κ2) is 8.51. The number of rotatable bonds is 6. The molecule has 118 valence electrons. The van der Waals surface area contributed by atoms with Crippen LogP contribution in [0.25, 0.3) is 0 Å². The standard InChI is InChI=1S/C16H27N3OS/c1-3-17-14(2)12-16(20)19-8-5-7-18(9-10-19)13-15-6-4-11-21-15/h4,6,11,14,17H,3,5,7-10,12-13H2,1-2H3. The fourth-order valence-electron chi connectivity index (χ4n) is 2.81. The number of nitrogens with one attached hydrogen (secondary N) is 1. The Labute approximate surface area is 132 Å². The molecule has 1 saturated heterocycles. The van der Waals surface area contributed by atoms with Crippen molar-refractivity contribution in [3.63, 3.8) is 0 Å². The molecular weight excluding hydrogens is 282 g/mol. The van der Waals surface area contributed by atoms with Gasteiger partial charge < -0.3 is 10.2 Å². The van der Waals surface area contributed by atoms with Crippen molar-refractivity contribution < 1.29 is 4.79 Å². The summed E-state index contributed by atoms with van der Waals surface area (Å²) < 4.78 is 0. The Morgan fingerprint density at radius 1 is 1.38 bits per heavy atom. The van der Waals surface area contributed by atoms with Gasteiger partial charge in [0.2, 0.25) is 5.91 Å². The van der Waals surface area contributed by atoms with Crippen LogP contribution in [0.1, 0.15) is 31.6 Å². The van der Waals surface area contributed by atoms with E-state index in [9.17, 15) is 4.79 Å². The summed E-state index contributed by atoms with van der Waals surface area (Å²) in [6.45, 7) is 9.94. The molecule has 0 spiro atoms. The summed E-state index contributed by atoms with van der Waals surface area (Å²) in [5.41, 5.74) is 0. The van der Waals surface area contributed by atoms with E-state index in [0.717, 1.165) is 45.7 Å². The third-order valence-electron chi connectivity index (χ3n) is 3.93. The van der Waals surface area contributed by atoms with Gasteiger partial charge >= 0.3 is 0 Å². The Balaban J connectivity index is 1.78. The molecule has 1 unspecified atom stereocenters. The van der Waals surface area contributed by atoms with E-state index in [0.29, 0.717) is 12.3 Å². The van der Waals surface area contributed by atoms with Gasteiger partial charge in [-0.2, -0.15) is 0 Å². The molecule has 4 nitrogen and oxygen atoms in total. The second-order valence-electron chi connectivity index (χ2n) is 5.75. The lowest BCUT2D eigenvalue weighted by Crippen LogP contribution is -2.39. The summed E-state index contributed by atoms with van der Waals surface area (Å²) >= 11 is 1.81. The van der Waals surface area contributed by atoms with Gasteiger partial charge in [-0.25, -0.2) is 0 Å². The lowest BCUT2D eigenvalue weighted by atomic mass is 10.2. The summed E-state index contributed by atoms with van der Waals surface area (Å²) in [6, 6.07) is 4.57. The number of carbonyl (C=O) groups is 1. The van der Waals surface area contributed by atoms with E-state index < -0.39 is 0 Å². The molecule has 1 amide bonds. The first-order valence-corrected chi connectivity index (χ1v) is 8.83. The van der Waals surface area contributed by atoms with Gasteiger partial charge in [-0.1, -0.05) is 13.0 Å². The van der Waals surface area contributed by atoms with Gasteiger partial charge in [0.1, 0.15) is 0 Å². The summed E-state index contributed by atoms with van der Waals surface area (Å²) in [4.78, 5) is 18.3. The van der Waals surface area contributed by atoms with E-state index in [1.807, 2.05) is 16.2 Å². The molecule has 1 atom stereocenters. The SMILES string of the molecule is CCNC(C)CC(=O)N1CCCN(Cc2cccs2)CC1. The van der Waals surface area contributed by atoms with E-state index >= 15 is 0 Å². The number of nitrogens with zero attached hydrogens (tertiary/aromatic N) is 2. The fraction of sp³-hybridized carbons (Fsp3) is 0.688. The first-order chi connectivity index (χ1) is 10.2. The molecule has 5 heteroatoms. The van der Waals surface area contributed by atoms with Gasteiger partial charge in [-0.15, -0.1) is 11.3 Å². The topological polar surface area (TPSA) is 35.6 Å². The van der Waals surface area contributed by atoms with Crippen molar-refractivity contribution in [3.05, 3.63) is 22.4 Å². The van der Waals surface area contributed by atoms with Gasteiger partial charge in [-0.3, -0.25) is 9.69 Å². The van der Waals surface area contributed by atoms with Crippen LogP contribution in [0.3, 0.4) is 0 Å². The molecule has 0 saturated carbocycles. The van der Waals surface area contributed by atoms with E-state index in [-0.39, 0.29) is 6.04 Å². The van der Waals surface area contributed by atoms with Crippen molar-refractivity contribution >= 4 is 17.2 Å². The molecule has 0 bridgehead atoms. The first kappa shape index (κ1) is 16.5. The molecule has 1 aromatic heterocycles. The van der Waals surface area contributed by atoms with Gasteiger partial charge in [0.05, 0.1) is 0 Å². The first-order valence-electron chi connectivity index (χ1n) is 7.95. The number of thiophene rings is 1. The predicted octanol–water partition coefficient (Wildman–Crippen LogP) is 2.17. The Morgan fingerprint density at radius 2 is 2.24 bits per heavy atom. The average molecular weight is 309 g/mol. The highest BCUT2D eigenvalue weighted by Crippen LogP contribution is 2.14. The third-order valence-corrected chi connectivity index (χ3v) is 4.80. The predicted molar refractivity (Wildman–Crippen MR) is 88.5 cm³/mol. The minimum absolute atomic E-state index is 0.271. The highest BCUT2D eigenvalue weighted by molar-refractivity contribution is 7.09. The monoisotopic (exact) mass is 309 g/mol. The van der Waals surface area contributed by atoms with E-state index in [2.05, 4.69) is 41.6 Å². The Hall–Kier alpha value is -0.910. The van der Waals surface area contributed by atoms with E-state index in [4.69, 9.17) is 0 Å². The average Bonchev–Trinajstić information content (AvgIpc) is 2.83. The molecule has 1 aliphatic heterocycles. The van der Waals surface area contributed by atoms with Gasteiger partial charge in [0.15, 0.2) is 0 Å². The summed E-state index contributed by atoms with van der Waals surface area (Å²) in [6.07, 6.45) is 1.69. The molecule has 1 fully saturated rings. The van der Waals surface area contributed by atoms with Crippen molar-refractivity contribution in [3.8, 4) is 0 Å². The molecule has 2 heterocycles. The van der Waals surface area contributed by atoms with Crippen molar-refractivity contribution in [2.75, 3.05) is 32.7 Å². The maximum atomic E-state index is 12.3. The molecule has 0 aliphatic carbocycles. The molecule has 1 N–H and O–H groups in total. The van der Waals surface area contributed by atoms with Crippen LogP contribution in [-0.4, -0.2) is 54.5 Å². The van der Waals surface area contributed by atoms with Crippen LogP contribution in [-0.2, 0) is 11.3 Å². The van der Waals surface area contributed by atoms with Crippen molar-refractivity contribution in [2.24, 2.45) is 0 Å². The van der Waals surface area contributed by atoms with Crippen molar-refractivity contribution in [1.82, 2.24) is 15.1 Å². The molecular formula is C16H27N3OS. The zero-order chi connectivity index (χ0) is 15.1. The molecule has 2 rings (SSSR count). The third kappa shape index (κ3) is 5.41. The molecule has 0 aromatic carbocycles. The number of hydrogen-bond acceptors (Lipinski definition) is 4. The summed E-state index contributed by atoms with van der Waals surface area (Å²) in [5.74, 6) is 0.293. The lowest BCUT2D eigenvalue weighted by Gasteiger charge is -2.23. The van der Waals surface area contributed by atoms with Crippen LogP contribution in [0.5, 0.6) is 0 Å². The zero-order valence-corrected chi connectivity index (χ0v) is 14.0. The van der Waals surface area contributed by atoms with E-state index in [1.165, 1.54) is 4.88 Å². The maximum Gasteiger partial charge on any atom is 0.224 e. The highest BCUT2D eigenvalue weighted by atomic mass is 32.1. The number of carbonyl (C=O) groups excluding carboxylic acids is 1. The summed E-state index contributed by atoms with van der Waals surface area (Å²) in [7, 11) is 0. The second-order valence-corrected chi connectivity index (χ2v) is 6.78. The molecule has 0 radical (unpaired) electrons. The zero-order valence-electron chi connectivity index (χ0n) is 13.2. The van der Waals surface area contributed by atoms with E-state index in [1.54, 1.807) is 0 Å². The van der Waals surface area contributed by atoms with Crippen LogP contribution < -0.4 is 5.32 Å². The maximum absolute atomic E-state index is 12.3. The largest absolute Gasteiger partial charge is 0.341 e. The summed E-state index contributed by atoms with van der Waals surface area (Å²) in [5, 5.41) is 5.44. The Bertz CT molecular complexity index is 421. The molecule has 1 aliphatic rings. The Kier molecular flexibility index (Phi) is 6.67. The van der Waals surface area contributed by atoms with Crippen LogP contribution in [0.4, 0.5) is 0 Å². The number of amides is 1. The van der Waals surface area contributed by atoms with Gasteiger partial charge in [-0.05, 0) is 31.3 Å². The van der Waals surface area contributed by atoms with Gasteiger partial charge in [0.25, 0.3) is 0 Å². The van der Waals surface area contributed by atoms with Gasteiger partial charge in [0, 0.05) is 50.1 Å². The smallest absolute Gasteiger partial charge is 0.224 e. The Morgan fingerprint density at radius 3 is 2.95 bits per heavy atom. The van der Waals surface area contributed by atoms with Crippen LogP contribution in [0.2, 0.25) is 0 Å². The quantitative estimate of drug-likeness (QED) is 0.875. The number of hydrogen-bond donors (Lipinski definition) is 1. The van der Waals surface area contributed by atoms with Crippen LogP contribution in [0.15, 0.2) is 17.5 Å². The van der Waals surface area contributed by atoms with Crippen molar-refractivity contribution in [2.45, 2.75) is 39.3 Å². The highest BCUT2D eigenvalue weighted by Gasteiger charge is 2.20. The molecule has 1 aromatic rings. The minimum atomic E-state index is 0.271. The lowest BCUT2D eigenvalue weighted by molar-refractivity contribution is -0.131. The minimum Gasteiger partial charge on any atom is -0.341 e. The van der Waals surface area contributed by atoms with Crippen LogP contribution >= 0.6 is 11.3 Å². The normalized spacial score (nSPS) is 18.5. The molecule has 21 heavy (non-hydrogen) atoms. The van der Waals surface area contributed by atoms with Crippen molar-refractivity contribution in [1.29, 1.82) is 0 Å². The fourth-order valence-corrected chi connectivity index (χ4v) is 3.56. The van der Waals surface area contributed by atoms with Crippen LogP contribution in [0, 0.1) is 0 Å².